The van der Waals surface area contributed by atoms with Gasteiger partial charge in [0.15, 0.2) is 0 Å². The van der Waals surface area contributed by atoms with Crippen molar-refractivity contribution in [2.24, 2.45) is 7.05 Å². The van der Waals surface area contributed by atoms with Crippen molar-refractivity contribution >= 4 is 17.4 Å². The Morgan fingerprint density at radius 2 is 1.80 bits per heavy atom. The summed E-state index contributed by atoms with van der Waals surface area (Å²) in [5.74, 6) is -0.451. The highest BCUT2D eigenvalue weighted by Gasteiger charge is 2.24. The van der Waals surface area contributed by atoms with Gasteiger partial charge >= 0.3 is 0 Å². The van der Waals surface area contributed by atoms with E-state index in [1.807, 2.05) is 12.1 Å². The Hall–Kier alpha value is -2.63. The standard InChI is InChI=1S/C19H23N3O3/c1-12-17(13(2)22(3)21-12)18(23)19(24)20-14-8-10-16(11-9-14)25-15-6-4-5-7-15/h8-11,15H,4-7H2,1-3H3,(H,20,24). The number of benzene rings is 1. The van der Waals surface area contributed by atoms with Gasteiger partial charge in [-0.15, -0.1) is 0 Å². The molecule has 0 radical (unpaired) electrons. The van der Waals surface area contributed by atoms with Crippen molar-refractivity contribution in [3.05, 3.63) is 41.2 Å². The molecule has 1 aromatic carbocycles. The SMILES string of the molecule is Cc1nn(C)c(C)c1C(=O)C(=O)Nc1ccc(OC2CCCC2)cc1. The fourth-order valence-electron chi connectivity index (χ4n) is 3.22. The quantitative estimate of drug-likeness (QED) is 0.669. The molecule has 132 valence electrons. The van der Waals surface area contributed by atoms with Gasteiger partial charge in [-0.1, -0.05) is 0 Å². The van der Waals surface area contributed by atoms with Gasteiger partial charge in [-0.2, -0.15) is 5.10 Å². The first kappa shape index (κ1) is 17.2. The minimum Gasteiger partial charge on any atom is -0.490 e. The van der Waals surface area contributed by atoms with E-state index in [0.29, 0.717) is 28.7 Å². The number of Topliss-reactive ketones (excluding diaryl/α,β-unsaturated/α-hetero) is 1. The van der Waals surface area contributed by atoms with Crippen LogP contribution < -0.4 is 10.1 Å². The molecule has 3 rings (SSSR count). The van der Waals surface area contributed by atoms with E-state index in [1.54, 1.807) is 37.7 Å². The summed E-state index contributed by atoms with van der Waals surface area (Å²) in [5.41, 5.74) is 2.16. The average Bonchev–Trinajstić information content (AvgIpc) is 3.17. The third-order valence-corrected chi connectivity index (χ3v) is 4.66. The van der Waals surface area contributed by atoms with Crippen LogP contribution in [0.1, 0.15) is 47.4 Å². The summed E-state index contributed by atoms with van der Waals surface area (Å²) < 4.78 is 7.50. The molecule has 1 saturated carbocycles. The molecule has 1 amide bonds. The lowest BCUT2D eigenvalue weighted by atomic mass is 10.1. The molecule has 0 atom stereocenters. The van der Waals surface area contributed by atoms with Crippen LogP contribution in [0.4, 0.5) is 5.69 Å². The monoisotopic (exact) mass is 341 g/mol. The molecule has 6 nitrogen and oxygen atoms in total. The van der Waals surface area contributed by atoms with Gasteiger partial charge in [-0.3, -0.25) is 14.3 Å². The summed E-state index contributed by atoms with van der Waals surface area (Å²) >= 11 is 0. The second-order valence-corrected chi connectivity index (χ2v) is 6.50. The Morgan fingerprint density at radius 3 is 2.36 bits per heavy atom. The zero-order chi connectivity index (χ0) is 18.0. The molecule has 0 bridgehead atoms. The number of aromatic nitrogens is 2. The van der Waals surface area contributed by atoms with Crippen LogP contribution in [0.15, 0.2) is 24.3 Å². The highest BCUT2D eigenvalue weighted by Crippen LogP contribution is 2.25. The van der Waals surface area contributed by atoms with Crippen molar-refractivity contribution in [3.8, 4) is 5.75 Å². The molecule has 1 aliphatic carbocycles. The van der Waals surface area contributed by atoms with E-state index in [0.717, 1.165) is 18.6 Å². The number of nitrogens with one attached hydrogen (secondary N) is 1. The molecule has 0 spiro atoms. The topological polar surface area (TPSA) is 73.2 Å². The number of carbonyl (C=O) groups excluding carboxylic acids is 2. The molecular formula is C19H23N3O3. The van der Waals surface area contributed by atoms with Crippen molar-refractivity contribution in [3.63, 3.8) is 0 Å². The van der Waals surface area contributed by atoms with Crippen molar-refractivity contribution in [1.29, 1.82) is 0 Å². The normalized spacial score (nSPS) is 14.5. The number of aryl methyl sites for hydroxylation is 2. The minimum absolute atomic E-state index is 0.290. The van der Waals surface area contributed by atoms with Crippen molar-refractivity contribution in [2.75, 3.05) is 5.32 Å². The summed E-state index contributed by atoms with van der Waals surface area (Å²) in [6.45, 7) is 3.50. The van der Waals surface area contributed by atoms with Crippen LogP contribution in [-0.2, 0) is 11.8 Å². The highest BCUT2D eigenvalue weighted by atomic mass is 16.5. The third kappa shape index (κ3) is 3.73. The predicted molar refractivity (Wildman–Crippen MR) is 95.0 cm³/mol. The van der Waals surface area contributed by atoms with Gasteiger partial charge in [-0.05, 0) is 63.8 Å². The molecule has 1 N–H and O–H groups in total. The Balaban J connectivity index is 1.65. The van der Waals surface area contributed by atoms with E-state index in [-0.39, 0.29) is 0 Å². The first-order chi connectivity index (χ1) is 12.0. The minimum atomic E-state index is -0.663. The molecule has 1 heterocycles. The number of hydrogen-bond donors (Lipinski definition) is 1. The Kier molecular flexibility index (Phi) is 4.88. The van der Waals surface area contributed by atoms with Crippen LogP contribution in [0.5, 0.6) is 5.75 Å². The van der Waals surface area contributed by atoms with Gasteiger partial charge in [0, 0.05) is 18.4 Å². The highest BCUT2D eigenvalue weighted by molar-refractivity contribution is 6.47. The van der Waals surface area contributed by atoms with Gasteiger partial charge in [0.05, 0.1) is 17.4 Å². The van der Waals surface area contributed by atoms with Crippen molar-refractivity contribution in [2.45, 2.75) is 45.6 Å². The Labute approximate surface area is 147 Å². The van der Waals surface area contributed by atoms with E-state index >= 15 is 0 Å². The Morgan fingerprint density at radius 1 is 1.16 bits per heavy atom. The van der Waals surface area contributed by atoms with E-state index in [4.69, 9.17) is 4.74 Å². The second-order valence-electron chi connectivity index (χ2n) is 6.50. The van der Waals surface area contributed by atoms with E-state index in [2.05, 4.69) is 10.4 Å². The lowest BCUT2D eigenvalue weighted by molar-refractivity contribution is -0.112. The second kappa shape index (κ2) is 7.09. The molecule has 1 fully saturated rings. The number of rotatable bonds is 5. The fraction of sp³-hybridized carbons (Fsp3) is 0.421. The van der Waals surface area contributed by atoms with Gasteiger partial charge in [0.1, 0.15) is 5.75 Å². The van der Waals surface area contributed by atoms with Crippen LogP contribution in [0.3, 0.4) is 0 Å². The summed E-state index contributed by atoms with van der Waals surface area (Å²) in [6, 6.07) is 7.13. The number of nitrogens with zero attached hydrogens (tertiary/aromatic N) is 2. The maximum Gasteiger partial charge on any atom is 0.296 e. The fourth-order valence-corrected chi connectivity index (χ4v) is 3.22. The van der Waals surface area contributed by atoms with Gasteiger partial charge < -0.3 is 10.1 Å². The Bertz CT molecular complexity index is 787. The molecule has 1 aliphatic rings. The predicted octanol–water partition coefficient (Wildman–Crippen LogP) is 3.18. The maximum absolute atomic E-state index is 12.4. The van der Waals surface area contributed by atoms with E-state index < -0.39 is 11.7 Å². The number of carbonyl (C=O) groups is 2. The first-order valence-corrected chi connectivity index (χ1v) is 8.58. The summed E-state index contributed by atoms with van der Waals surface area (Å²) in [6.07, 6.45) is 4.91. The molecular weight excluding hydrogens is 318 g/mol. The van der Waals surface area contributed by atoms with Crippen LogP contribution in [0.25, 0.3) is 0 Å². The van der Waals surface area contributed by atoms with Crippen LogP contribution >= 0.6 is 0 Å². The van der Waals surface area contributed by atoms with Gasteiger partial charge in [-0.25, -0.2) is 0 Å². The zero-order valence-electron chi connectivity index (χ0n) is 14.8. The van der Waals surface area contributed by atoms with Crippen molar-refractivity contribution in [1.82, 2.24) is 9.78 Å². The molecule has 6 heteroatoms. The number of hydrogen-bond acceptors (Lipinski definition) is 4. The first-order valence-electron chi connectivity index (χ1n) is 8.58. The molecule has 1 aromatic heterocycles. The van der Waals surface area contributed by atoms with Crippen LogP contribution in [-0.4, -0.2) is 27.6 Å². The van der Waals surface area contributed by atoms with Gasteiger partial charge in [0.25, 0.3) is 11.7 Å². The molecule has 0 saturated heterocycles. The number of amides is 1. The zero-order valence-corrected chi connectivity index (χ0v) is 14.8. The number of ether oxygens (including phenoxy) is 1. The number of anilines is 1. The van der Waals surface area contributed by atoms with Gasteiger partial charge in [0.2, 0.25) is 0 Å². The number of ketones is 1. The van der Waals surface area contributed by atoms with E-state index in [9.17, 15) is 9.59 Å². The van der Waals surface area contributed by atoms with E-state index in [1.165, 1.54) is 12.8 Å². The molecule has 0 unspecified atom stereocenters. The third-order valence-electron chi connectivity index (χ3n) is 4.66. The van der Waals surface area contributed by atoms with Crippen molar-refractivity contribution < 1.29 is 14.3 Å². The molecule has 25 heavy (non-hydrogen) atoms. The summed E-state index contributed by atoms with van der Waals surface area (Å²) in [7, 11) is 1.75. The lowest BCUT2D eigenvalue weighted by Crippen LogP contribution is -2.24. The van der Waals surface area contributed by atoms with Crippen LogP contribution in [0.2, 0.25) is 0 Å². The summed E-state index contributed by atoms with van der Waals surface area (Å²) in [4.78, 5) is 24.7. The smallest absolute Gasteiger partial charge is 0.296 e. The largest absolute Gasteiger partial charge is 0.490 e. The lowest BCUT2D eigenvalue weighted by Gasteiger charge is -2.13. The molecule has 0 aliphatic heterocycles. The molecule has 2 aromatic rings. The average molecular weight is 341 g/mol. The maximum atomic E-state index is 12.4. The van der Waals surface area contributed by atoms with Crippen LogP contribution in [0, 0.1) is 13.8 Å². The summed E-state index contributed by atoms with van der Waals surface area (Å²) in [5, 5.41) is 6.82.